The number of fused-ring (bicyclic) bond motifs is 1. The number of dihydropyridines is 1. The molecule has 2 aliphatic rings. The summed E-state index contributed by atoms with van der Waals surface area (Å²) in [5.74, 6) is 1.00. The lowest BCUT2D eigenvalue weighted by Gasteiger charge is -2.03. The Morgan fingerprint density at radius 3 is 3.44 bits per heavy atom. The molecule has 2 rings (SSSR count). The van der Waals surface area contributed by atoms with Gasteiger partial charge in [0.15, 0.2) is 0 Å². The summed E-state index contributed by atoms with van der Waals surface area (Å²) >= 11 is 0. The number of hydrogen-bond donors (Lipinski definition) is 0. The molecule has 2 nitrogen and oxygen atoms in total. The summed E-state index contributed by atoms with van der Waals surface area (Å²) < 4.78 is 5.23. The zero-order chi connectivity index (χ0) is 6.10. The molecule has 0 bridgehead atoms. The van der Waals surface area contributed by atoms with Gasteiger partial charge >= 0.3 is 0 Å². The quantitative estimate of drug-likeness (QED) is 0.467. The van der Waals surface area contributed by atoms with Gasteiger partial charge < -0.3 is 4.74 Å². The summed E-state index contributed by atoms with van der Waals surface area (Å²) in [6.45, 7) is 1.52. The van der Waals surface area contributed by atoms with Crippen molar-refractivity contribution in [2.24, 2.45) is 4.99 Å². The van der Waals surface area contributed by atoms with Crippen LogP contribution in [0.5, 0.6) is 0 Å². The molecule has 0 saturated carbocycles. The highest BCUT2D eigenvalue weighted by Crippen LogP contribution is 2.19. The summed E-state index contributed by atoms with van der Waals surface area (Å²) in [7, 11) is 0. The molecule has 0 N–H and O–H groups in total. The predicted octanol–water partition coefficient (Wildman–Crippen LogP) is 0.911. The number of nitrogens with zero attached hydrogens (tertiary/aromatic N) is 1. The van der Waals surface area contributed by atoms with E-state index in [1.165, 1.54) is 5.57 Å². The molecule has 0 radical (unpaired) electrons. The van der Waals surface area contributed by atoms with Crippen molar-refractivity contribution in [3.05, 3.63) is 23.5 Å². The molecule has 0 spiro atoms. The average molecular weight is 121 g/mol. The second-order valence-electron chi connectivity index (χ2n) is 2.06. The molecule has 2 heterocycles. The molecule has 0 atom stereocenters. The molecule has 0 unspecified atom stereocenters. The van der Waals surface area contributed by atoms with E-state index in [1.54, 1.807) is 6.21 Å². The van der Waals surface area contributed by atoms with Gasteiger partial charge in [-0.3, -0.25) is 4.99 Å². The number of ether oxygens (including phenoxy) is 1. The number of allylic oxidation sites excluding steroid dienone is 1. The van der Waals surface area contributed by atoms with Gasteiger partial charge in [-0.25, -0.2) is 0 Å². The predicted molar refractivity (Wildman–Crippen MR) is 35.5 cm³/mol. The fraction of sp³-hybridized carbons (Fsp3) is 0.286. The van der Waals surface area contributed by atoms with E-state index < -0.39 is 0 Å². The minimum absolute atomic E-state index is 0.727. The van der Waals surface area contributed by atoms with Crippen molar-refractivity contribution in [2.75, 3.05) is 13.2 Å². The zero-order valence-electron chi connectivity index (χ0n) is 5.00. The SMILES string of the molecule is C1=NCC2=CCOC2=C1. The van der Waals surface area contributed by atoms with Crippen LogP contribution in [0.3, 0.4) is 0 Å². The topological polar surface area (TPSA) is 21.6 Å². The molecular weight excluding hydrogens is 114 g/mol. The Kier molecular flexibility index (Phi) is 0.918. The van der Waals surface area contributed by atoms with E-state index in [4.69, 9.17) is 4.74 Å². The molecule has 2 aliphatic heterocycles. The fourth-order valence-electron chi connectivity index (χ4n) is 0.994. The van der Waals surface area contributed by atoms with Gasteiger partial charge in [0.2, 0.25) is 0 Å². The van der Waals surface area contributed by atoms with Crippen molar-refractivity contribution in [2.45, 2.75) is 0 Å². The first-order valence-electron chi connectivity index (χ1n) is 2.99. The maximum absolute atomic E-state index is 5.23. The van der Waals surface area contributed by atoms with Crippen LogP contribution in [-0.4, -0.2) is 19.4 Å². The van der Waals surface area contributed by atoms with E-state index in [9.17, 15) is 0 Å². The minimum Gasteiger partial charge on any atom is -0.489 e. The second-order valence-corrected chi connectivity index (χ2v) is 2.06. The largest absolute Gasteiger partial charge is 0.489 e. The third kappa shape index (κ3) is 0.669. The van der Waals surface area contributed by atoms with E-state index in [0.29, 0.717) is 0 Å². The second kappa shape index (κ2) is 1.72. The summed E-state index contributed by atoms with van der Waals surface area (Å²) in [6.07, 6.45) is 5.77. The lowest BCUT2D eigenvalue weighted by Crippen LogP contribution is -1.96. The van der Waals surface area contributed by atoms with Gasteiger partial charge in [0.1, 0.15) is 12.4 Å². The highest BCUT2D eigenvalue weighted by Gasteiger charge is 2.12. The highest BCUT2D eigenvalue weighted by molar-refractivity contribution is 5.75. The van der Waals surface area contributed by atoms with Gasteiger partial charge in [0.25, 0.3) is 0 Å². The van der Waals surface area contributed by atoms with Gasteiger partial charge in [-0.1, -0.05) is 0 Å². The van der Waals surface area contributed by atoms with E-state index >= 15 is 0 Å². The van der Waals surface area contributed by atoms with Crippen molar-refractivity contribution in [3.63, 3.8) is 0 Å². The van der Waals surface area contributed by atoms with Gasteiger partial charge in [0, 0.05) is 11.8 Å². The highest BCUT2D eigenvalue weighted by atomic mass is 16.5. The van der Waals surface area contributed by atoms with E-state index in [1.807, 2.05) is 6.08 Å². The summed E-state index contributed by atoms with van der Waals surface area (Å²) in [5.41, 5.74) is 1.23. The standard InChI is InChI=1S/C7H7NO/c1-3-8-5-6-2-4-9-7(1)6/h1-3H,4-5H2. The molecule has 0 aromatic heterocycles. The lowest BCUT2D eigenvalue weighted by molar-refractivity contribution is 0.276. The Bertz CT molecular complexity index is 213. The van der Waals surface area contributed by atoms with Crippen LogP contribution in [0.25, 0.3) is 0 Å². The van der Waals surface area contributed by atoms with Crippen molar-refractivity contribution in [3.8, 4) is 0 Å². The molecule has 2 heteroatoms. The first kappa shape index (κ1) is 4.79. The van der Waals surface area contributed by atoms with Crippen LogP contribution >= 0.6 is 0 Å². The van der Waals surface area contributed by atoms with E-state index in [-0.39, 0.29) is 0 Å². The van der Waals surface area contributed by atoms with Crippen LogP contribution in [0.1, 0.15) is 0 Å². The third-order valence-electron chi connectivity index (χ3n) is 1.48. The van der Waals surface area contributed by atoms with E-state index in [2.05, 4.69) is 11.1 Å². The molecule has 0 aliphatic carbocycles. The Balaban J connectivity index is 2.37. The monoisotopic (exact) mass is 121 g/mol. The van der Waals surface area contributed by atoms with Crippen LogP contribution in [0.2, 0.25) is 0 Å². The smallest absolute Gasteiger partial charge is 0.126 e. The summed E-state index contributed by atoms with van der Waals surface area (Å²) in [4.78, 5) is 4.07. The molecule has 0 saturated heterocycles. The number of rotatable bonds is 0. The summed E-state index contributed by atoms with van der Waals surface area (Å²) in [6, 6.07) is 0. The fourth-order valence-corrected chi connectivity index (χ4v) is 0.994. The van der Waals surface area contributed by atoms with Gasteiger partial charge in [-0.05, 0) is 12.2 Å². The molecule has 0 aromatic rings. The van der Waals surface area contributed by atoms with Crippen LogP contribution in [0, 0.1) is 0 Å². The maximum atomic E-state index is 5.23. The molecule has 0 fully saturated rings. The molecule has 0 amide bonds. The van der Waals surface area contributed by atoms with Crippen molar-refractivity contribution in [1.29, 1.82) is 0 Å². The third-order valence-corrected chi connectivity index (χ3v) is 1.48. The van der Waals surface area contributed by atoms with Crippen LogP contribution < -0.4 is 0 Å². The van der Waals surface area contributed by atoms with Gasteiger partial charge in [-0.15, -0.1) is 0 Å². The number of aliphatic imine (C=N–C) groups is 1. The van der Waals surface area contributed by atoms with Crippen LogP contribution in [0.15, 0.2) is 28.5 Å². The zero-order valence-corrected chi connectivity index (χ0v) is 5.00. The van der Waals surface area contributed by atoms with Crippen LogP contribution in [0.4, 0.5) is 0 Å². The molecule has 9 heavy (non-hydrogen) atoms. The maximum Gasteiger partial charge on any atom is 0.126 e. The Morgan fingerprint density at radius 1 is 1.56 bits per heavy atom. The first-order valence-corrected chi connectivity index (χ1v) is 2.99. The van der Waals surface area contributed by atoms with Crippen molar-refractivity contribution >= 4 is 6.21 Å². The minimum atomic E-state index is 0.727. The molecular formula is C7H7NO. The molecule has 0 aromatic carbocycles. The van der Waals surface area contributed by atoms with Crippen molar-refractivity contribution < 1.29 is 4.74 Å². The Labute approximate surface area is 53.5 Å². The van der Waals surface area contributed by atoms with E-state index in [0.717, 1.165) is 18.9 Å². The van der Waals surface area contributed by atoms with Crippen molar-refractivity contribution in [1.82, 2.24) is 0 Å². The first-order chi connectivity index (χ1) is 4.47. The summed E-state index contributed by atoms with van der Waals surface area (Å²) in [5, 5.41) is 0. The normalized spacial score (nSPS) is 22.2. The number of hydrogen-bond acceptors (Lipinski definition) is 2. The average Bonchev–Trinajstić information content (AvgIpc) is 2.33. The lowest BCUT2D eigenvalue weighted by atomic mass is 10.2. The van der Waals surface area contributed by atoms with Gasteiger partial charge in [0.05, 0.1) is 6.54 Å². The Morgan fingerprint density at radius 2 is 2.56 bits per heavy atom. The Hall–Kier alpha value is -1.05. The van der Waals surface area contributed by atoms with Gasteiger partial charge in [-0.2, -0.15) is 0 Å². The molecule has 46 valence electrons. The van der Waals surface area contributed by atoms with Crippen LogP contribution in [-0.2, 0) is 4.74 Å².